The van der Waals surface area contributed by atoms with Crippen molar-refractivity contribution < 1.29 is 26.9 Å². The van der Waals surface area contributed by atoms with Crippen LogP contribution in [0.25, 0.3) is 0 Å². The summed E-state index contributed by atoms with van der Waals surface area (Å²) in [4.78, 5) is 11.3. The summed E-state index contributed by atoms with van der Waals surface area (Å²) in [6.07, 6.45) is 6.66. The van der Waals surface area contributed by atoms with Crippen molar-refractivity contribution in [1.82, 2.24) is 0 Å². The van der Waals surface area contributed by atoms with Crippen molar-refractivity contribution >= 4 is 16.1 Å². The predicted molar refractivity (Wildman–Crippen MR) is 68.0 cm³/mol. The molecule has 7 heteroatoms. The summed E-state index contributed by atoms with van der Waals surface area (Å²) in [5, 5.41) is 0. The van der Waals surface area contributed by atoms with Crippen molar-refractivity contribution in [2.75, 3.05) is 6.61 Å². The van der Waals surface area contributed by atoms with Crippen LogP contribution in [0.4, 0.5) is 4.39 Å². The molecule has 0 amide bonds. The normalized spacial score (nSPS) is 40.6. The molecule has 4 bridgehead atoms. The van der Waals surface area contributed by atoms with Crippen molar-refractivity contribution in [2.24, 2.45) is 23.2 Å². The summed E-state index contributed by atoms with van der Waals surface area (Å²) >= 11 is 0. The molecule has 1 N–H and O–H groups in total. The third-order valence-electron chi connectivity index (χ3n) is 5.13. The minimum Gasteiger partial charge on any atom is -0.462 e. The summed E-state index contributed by atoms with van der Waals surface area (Å²) in [6, 6.07) is 0. The molecule has 0 aromatic carbocycles. The number of alkyl halides is 1. The van der Waals surface area contributed by atoms with E-state index in [0.29, 0.717) is 17.8 Å². The molecule has 114 valence electrons. The van der Waals surface area contributed by atoms with Crippen LogP contribution >= 0.6 is 0 Å². The number of hydrogen-bond donors (Lipinski definition) is 1. The second kappa shape index (κ2) is 4.66. The van der Waals surface area contributed by atoms with E-state index < -0.39 is 21.6 Å². The Morgan fingerprint density at radius 3 is 2.05 bits per heavy atom. The van der Waals surface area contributed by atoms with Gasteiger partial charge < -0.3 is 4.74 Å². The first-order valence-corrected chi connectivity index (χ1v) is 8.55. The largest absolute Gasteiger partial charge is 0.462 e. The Bertz CT molecular complexity index is 480. The Hall–Kier alpha value is -0.690. The van der Waals surface area contributed by atoms with Gasteiger partial charge in [-0.15, -0.1) is 0 Å². The smallest absolute Gasteiger partial charge is 0.359 e. The molecule has 0 aliphatic heterocycles. The fourth-order valence-electron chi connectivity index (χ4n) is 4.88. The zero-order chi connectivity index (χ0) is 14.5. The first-order valence-electron chi connectivity index (χ1n) is 7.04. The topological polar surface area (TPSA) is 80.7 Å². The van der Waals surface area contributed by atoms with Gasteiger partial charge in [0.1, 0.15) is 0 Å². The highest BCUT2D eigenvalue weighted by Gasteiger charge is 2.51. The van der Waals surface area contributed by atoms with Crippen molar-refractivity contribution in [3.05, 3.63) is 0 Å². The number of carbonyl (C=O) groups is 1. The molecular weight excluding hydrogens is 287 g/mol. The van der Waals surface area contributed by atoms with Gasteiger partial charge in [-0.3, -0.25) is 4.55 Å². The highest BCUT2D eigenvalue weighted by atomic mass is 32.2. The van der Waals surface area contributed by atoms with Crippen LogP contribution in [-0.4, -0.2) is 31.1 Å². The first kappa shape index (κ1) is 14.3. The highest BCUT2D eigenvalue weighted by molar-refractivity contribution is 7.87. The molecule has 0 heterocycles. The molecule has 0 aromatic heterocycles. The average molecular weight is 306 g/mol. The van der Waals surface area contributed by atoms with Crippen LogP contribution in [0.3, 0.4) is 0 Å². The van der Waals surface area contributed by atoms with Crippen LogP contribution in [-0.2, 0) is 19.6 Å². The van der Waals surface area contributed by atoms with Gasteiger partial charge >= 0.3 is 21.6 Å². The third kappa shape index (κ3) is 2.57. The van der Waals surface area contributed by atoms with Gasteiger partial charge in [0.2, 0.25) is 0 Å². The van der Waals surface area contributed by atoms with E-state index >= 15 is 0 Å². The molecule has 0 radical (unpaired) electrons. The number of ether oxygens (including phenoxy) is 1. The second-order valence-corrected chi connectivity index (χ2v) is 8.30. The van der Waals surface area contributed by atoms with Crippen LogP contribution in [0.5, 0.6) is 0 Å². The molecule has 4 fully saturated rings. The van der Waals surface area contributed by atoms with Crippen LogP contribution in [0, 0.1) is 23.2 Å². The van der Waals surface area contributed by atoms with Crippen LogP contribution in [0.15, 0.2) is 0 Å². The minimum absolute atomic E-state index is 0.0747. The number of carbonyl (C=O) groups excluding carboxylic acids is 1. The Labute approximate surface area is 117 Å². The van der Waals surface area contributed by atoms with Gasteiger partial charge in [0.15, 0.2) is 0 Å². The molecule has 0 saturated heterocycles. The maximum absolute atomic E-state index is 13.1. The SMILES string of the molecule is O=C(OCC12CC3CC(CC(C3)C1)C2)C(F)S(=O)(=O)O. The molecule has 5 nitrogen and oxygen atoms in total. The van der Waals surface area contributed by atoms with Gasteiger partial charge in [-0.25, -0.2) is 9.18 Å². The van der Waals surface area contributed by atoms with Crippen molar-refractivity contribution in [2.45, 2.75) is 44.0 Å². The second-order valence-electron chi connectivity index (χ2n) is 6.86. The number of esters is 1. The fourth-order valence-corrected chi connectivity index (χ4v) is 5.19. The van der Waals surface area contributed by atoms with Gasteiger partial charge in [-0.05, 0) is 56.3 Å². The summed E-state index contributed by atoms with van der Waals surface area (Å²) in [6.45, 7) is 0.0747. The van der Waals surface area contributed by atoms with Crippen LogP contribution in [0.2, 0.25) is 0 Å². The molecule has 1 atom stereocenters. The van der Waals surface area contributed by atoms with E-state index in [0.717, 1.165) is 19.3 Å². The molecule has 0 aromatic rings. The fraction of sp³-hybridized carbons (Fsp3) is 0.923. The van der Waals surface area contributed by atoms with E-state index in [9.17, 15) is 17.6 Å². The molecule has 4 saturated carbocycles. The van der Waals surface area contributed by atoms with Gasteiger partial charge in [0.25, 0.3) is 0 Å². The van der Waals surface area contributed by atoms with Crippen molar-refractivity contribution in [3.8, 4) is 0 Å². The average Bonchev–Trinajstić information content (AvgIpc) is 2.32. The minimum atomic E-state index is -5.02. The molecule has 20 heavy (non-hydrogen) atoms. The zero-order valence-corrected chi connectivity index (χ0v) is 11.9. The molecule has 4 aliphatic carbocycles. The standard InChI is InChI=1S/C13H19FO5S/c14-11(20(16,17)18)12(15)19-7-13-4-8-1-9(5-13)3-10(2-8)6-13/h8-11H,1-7H2,(H,16,17,18). The molecule has 0 spiro atoms. The lowest BCUT2D eigenvalue weighted by atomic mass is 9.50. The monoisotopic (exact) mass is 306 g/mol. The number of halogens is 1. The molecule has 4 aliphatic rings. The first-order chi connectivity index (χ1) is 9.27. The lowest BCUT2D eigenvalue weighted by Crippen LogP contribution is -2.48. The molecule has 1 unspecified atom stereocenters. The predicted octanol–water partition coefficient (Wildman–Crippen LogP) is 1.93. The van der Waals surface area contributed by atoms with Gasteiger partial charge in [-0.2, -0.15) is 8.42 Å². The summed E-state index contributed by atoms with van der Waals surface area (Å²) in [7, 11) is -5.02. The van der Waals surface area contributed by atoms with E-state index in [1.807, 2.05) is 0 Å². The molecule has 4 rings (SSSR count). The Morgan fingerprint density at radius 1 is 1.20 bits per heavy atom. The Morgan fingerprint density at radius 2 is 1.65 bits per heavy atom. The van der Waals surface area contributed by atoms with Gasteiger partial charge in [0.05, 0.1) is 6.61 Å². The number of hydrogen-bond acceptors (Lipinski definition) is 4. The maximum Gasteiger partial charge on any atom is 0.359 e. The van der Waals surface area contributed by atoms with E-state index in [-0.39, 0.29) is 12.0 Å². The van der Waals surface area contributed by atoms with Gasteiger partial charge in [0, 0.05) is 5.41 Å². The van der Waals surface area contributed by atoms with Crippen molar-refractivity contribution in [1.29, 1.82) is 0 Å². The lowest BCUT2D eigenvalue weighted by molar-refractivity contribution is -0.158. The van der Waals surface area contributed by atoms with E-state index in [1.165, 1.54) is 19.3 Å². The van der Waals surface area contributed by atoms with E-state index in [2.05, 4.69) is 0 Å². The van der Waals surface area contributed by atoms with Crippen LogP contribution < -0.4 is 0 Å². The summed E-state index contributed by atoms with van der Waals surface area (Å²) in [5.41, 5.74) is -3.08. The zero-order valence-electron chi connectivity index (χ0n) is 11.1. The number of rotatable bonds is 4. The lowest BCUT2D eigenvalue weighted by Gasteiger charge is -2.56. The van der Waals surface area contributed by atoms with Gasteiger partial charge in [-0.1, -0.05) is 0 Å². The molecular formula is C13H19FO5S. The van der Waals surface area contributed by atoms with E-state index in [1.54, 1.807) is 0 Å². The van der Waals surface area contributed by atoms with Crippen LogP contribution in [0.1, 0.15) is 38.5 Å². The third-order valence-corrected chi connectivity index (χ3v) is 5.85. The Balaban J connectivity index is 1.63. The Kier molecular flexibility index (Phi) is 3.32. The summed E-state index contributed by atoms with van der Waals surface area (Å²) < 4.78 is 47.7. The quantitative estimate of drug-likeness (QED) is 0.634. The summed E-state index contributed by atoms with van der Waals surface area (Å²) in [5.74, 6) is 0.511. The van der Waals surface area contributed by atoms with E-state index in [4.69, 9.17) is 9.29 Å². The highest BCUT2D eigenvalue weighted by Crippen LogP contribution is 2.60. The van der Waals surface area contributed by atoms with Crippen molar-refractivity contribution in [3.63, 3.8) is 0 Å². The maximum atomic E-state index is 13.1.